The fourth-order valence-electron chi connectivity index (χ4n) is 1.07. The molecular weight excluding hydrogens is 248 g/mol. The minimum Gasteiger partial charge on any atom is -0.469 e. The number of esters is 1. The minimum absolute atomic E-state index is 0.126. The molecular formula is C11H19ClO5. The molecule has 0 aromatic carbocycles. The number of alkyl halides is 1. The Bertz CT molecular complexity index is 220. The van der Waals surface area contributed by atoms with Crippen molar-refractivity contribution in [2.24, 2.45) is 0 Å². The van der Waals surface area contributed by atoms with E-state index >= 15 is 0 Å². The van der Waals surface area contributed by atoms with Gasteiger partial charge in [-0.3, -0.25) is 9.59 Å². The monoisotopic (exact) mass is 266 g/mol. The highest BCUT2D eigenvalue weighted by atomic mass is 35.5. The Labute approximate surface area is 106 Å². The zero-order valence-corrected chi connectivity index (χ0v) is 10.8. The quantitative estimate of drug-likeness (QED) is 0.243. The first-order valence-corrected chi connectivity index (χ1v) is 6.04. The Morgan fingerprint density at radius 3 is 2.29 bits per heavy atom. The van der Waals surface area contributed by atoms with Gasteiger partial charge in [-0.15, -0.1) is 11.6 Å². The maximum Gasteiger partial charge on any atom is 0.313 e. The van der Waals surface area contributed by atoms with E-state index in [1.165, 1.54) is 7.11 Å². The van der Waals surface area contributed by atoms with Crippen molar-refractivity contribution in [3.63, 3.8) is 0 Å². The molecule has 0 aliphatic carbocycles. The Hall–Kier alpha value is -0.650. The molecule has 0 saturated carbocycles. The zero-order chi connectivity index (χ0) is 12.9. The Balaban J connectivity index is 3.22. The van der Waals surface area contributed by atoms with Crippen molar-refractivity contribution in [1.82, 2.24) is 0 Å². The number of hydrogen-bond donors (Lipinski definition) is 0. The van der Waals surface area contributed by atoms with E-state index in [4.69, 9.17) is 21.1 Å². The topological polar surface area (TPSA) is 61.8 Å². The molecule has 0 atom stereocenters. The second-order valence-electron chi connectivity index (χ2n) is 3.31. The first-order valence-electron chi connectivity index (χ1n) is 5.50. The fraction of sp³-hybridized carbons (Fsp3) is 0.818. The lowest BCUT2D eigenvalue weighted by molar-refractivity contribution is -0.143. The van der Waals surface area contributed by atoms with Gasteiger partial charge in [0.25, 0.3) is 0 Å². The van der Waals surface area contributed by atoms with E-state index in [2.05, 4.69) is 4.74 Å². The van der Waals surface area contributed by atoms with Crippen LogP contribution >= 0.6 is 11.6 Å². The molecule has 0 amide bonds. The molecule has 0 aliphatic heterocycles. The van der Waals surface area contributed by atoms with Crippen LogP contribution in [-0.2, 0) is 23.8 Å². The summed E-state index contributed by atoms with van der Waals surface area (Å²) in [5.41, 5.74) is 0. The molecule has 6 heteroatoms. The first-order chi connectivity index (χ1) is 8.20. The summed E-state index contributed by atoms with van der Waals surface area (Å²) in [7, 11) is 1.26. The van der Waals surface area contributed by atoms with Crippen molar-refractivity contribution in [3.8, 4) is 0 Å². The number of hydrogen-bond acceptors (Lipinski definition) is 5. The van der Waals surface area contributed by atoms with Gasteiger partial charge in [0.05, 0.1) is 26.9 Å². The van der Waals surface area contributed by atoms with Crippen LogP contribution in [0.2, 0.25) is 0 Å². The number of methoxy groups -OCH3 is 1. The summed E-state index contributed by atoms with van der Waals surface area (Å²) in [6.07, 6.45) is 0.776. The highest BCUT2D eigenvalue weighted by Gasteiger charge is 2.08. The maximum atomic E-state index is 11.2. The van der Waals surface area contributed by atoms with Gasteiger partial charge in [-0.1, -0.05) is 0 Å². The number of carbonyl (C=O) groups excluding carboxylic acids is 2. The highest BCUT2D eigenvalue weighted by Crippen LogP contribution is 1.97. The molecule has 0 bridgehead atoms. The second kappa shape index (κ2) is 11.8. The van der Waals surface area contributed by atoms with Gasteiger partial charge >= 0.3 is 5.97 Å². The predicted molar refractivity (Wildman–Crippen MR) is 63.2 cm³/mol. The minimum atomic E-state index is -0.495. The van der Waals surface area contributed by atoms with Crippen molar-refractivity contribution in [2.45, 2.75) is 19.3 Å². The smallest absolute Gasteiger partial charge is 0.313 e. The fourth-order valence-corrected chi connectivity index (χ4v) is 1.18. The number of ketones is 1. The molecule has 5 nitrogen and oxygen atoms in total. The molecule has 17 heavy (non-hydrogen) atoms. The summed E-state index contributed by atoms with van der Waals surface area (Å²) in [6.45, 7) is 1.99. The molecule has 0 unspecified atom stereocenters. The van der Waals surface area contributed by atoms with Gasteiger partial charge in [0.1, 0.15) is 12.2 Å². The zero-order valence-electron chi connectivity index (χ0n) is 10.1. The van der Waals surface area contributed by atoms with Crippen LogP contribution in [0.4, 0.5) is 0 Å². The van der Waals surface area contributed by atoms with Crippen LogP contribution in [0, 0.1) is 0 Å². The number of ether oxygens (including phenoxy) is 3. The summed E-state index contributed by atoms with van der Waals surface area (Å²) in [6, 6.07) is 0. The summed E-state index contributed by atoms with van der Waals surface area (Å²) >= 11 is 5.41. The molecule has 0 aromatic heterocycles. The first kappa shape index (κ1) is 16.4. The van der Waals surface area contributed by atoms with E-state index in [9.17, 15) is 9.59 Å². The number of carbonyl (C=O) groups is 2. The molecule has 0 saturated heterocycles. The molecule has 0 aliphatic rings. The lowest BCUT2D eigenvalue weighted by Crippen LogP contribution is -2.11. The Kier molecular flexibility index (Phi) is 11.4. The molecule has 0 fully saturated rings. The highest BCUT2D eigenvalue weighted by molar-refractivity contribution is 6.17. The van der Waals surface area contributed by atoms with E-state index < -0.39 is 5.97 Å². The van der Waals surface area contributed by atoms with Gasteiger partial charge in [-0.25, -0.2) is 0 Å². The third-order valence-corrected chi connectivity index (χ3v) is 2.06. The second-order valence-corrected chi connectivity index (χ2v) is 3.69. The van der Waals surface area contributed by atoms with Crippen LogP contribution < -0.4 is 0 Å². The third kappa shape index (κ3) is 11.6. The van der Waals surface area contributed by atoms with Crippen LogP contribution in [0.3, 0.4) is 0 Å². The maximum absolute atomic E-state index is 11.2. The largest absolute Gasteiger partial charge is 0.469 e. The van der Waals surface area contributed by atoms with Crippen LogP contribution in [0.5, 0.6) is 0 Å². The van der Waals surface area contributed by atoms with Crippen LogP contribution in [-0.4, -0.2) is 51.2 Å². The van der Waals surface area contributed by atoms with E-state index in [1.54, 1.807) is 0 Å². The average Bonchev–Trinajstić information content (AvgIpc) is 2.32. The third-order valence-electron chi connectivity index (χ3n) is 1.91. The normalized spacial score (nSPS) is 10.2. The lowest BCUT2D eigenvalue weighted by Gasteiger charge is -2.04. The standard InChI is InChI=1S/C11H19ClO5/c1-15-11(14)9-10(13)3-2-5-16-7-8-17-6-4-12/h2-9H2,1H3. The number of halogens is 1. The Morgan fingerprint density at radius 2 is 1.71 bits per heavy atom. The van der Waals surface area contributed by atoms with Crippen LogP contribution in [0.25, 0.3) is 0 Å². The molecule has 0 radical (unpaired) electrons. The van der Waals surface area contributed by atoms with Crippen molar-refractivity contribution in [3.05, 3.63) is 0 Å². The number of Topliss-reactive ketones (excluding diaryl/α,β-unsaturated/α-hetero) is 1. The van der Waals surface area contributed by atoms with E-state index in [0.717, 1.165) is 0 Å². The molecule has 0 spiro atoms. The molecule has 100 valence electrons. The van der Waals surface area contributed by atoms with Gasteiger partial charge in [0, 0.05) is 18.9 Å². The van der Waals surface area contributed by atoms with Gasteiger partial charge in [-0.05, 0) is 6.42 Å². The molecule has 0 rings (SSSR count). The van der Waals surface area contributed by atoms with Crippen molar-refractivity contribution < 1.29 is 23.8 Å². The van der Waals surface area contributed by atoms with Gasteiger partial charge < -0.3 is 14.2 Å². The van der Waals surface area contributed by atoms with Gasteiger partial charge in [0.15, 0.2) is 0 Å². The summed E-state index contributed by atoms with van der Waals surface area (Å²) < 4.78 is 14.7. The van der Waals surface area contributed by atoms with Gasteiger partial charge in [-0.2, -0.15) is 0 Å². The van der Waals surface area contributed by atoms with Crippen LogP contribution in [0.15, 0.2) is 0 Å². The van der Waals surface area contributed by atoms with Crippen molar-refractivity contribution in [1.29, 1.82) is 0 Å². The van der Waals surface area contributed by atoms with Gasteiger partial charge in [0.2, 0.25) is 0 Å². The average molecular weight is 267 g/mol. The van der Waals surface area contributed by atoms with E-state index in [1.807, 2.05) is 0 Å². The molecule has 0 N–H and O–H groups in total. The Morgan fingerprint density at radius 1 is 1.06 bits per heavy atom. The van der Waals surface area contributed by atoms with Crippen molar-refractivity contribution in [2.75, 3.05) is 39.4 Å². The van der Waals surface area contributed by atoms with E-state index in [0.29, 0.717) is 45.1 Å². The number of rotatable bonds is 11. The molecule has 0 heterocycles. The summed E-state index contributed by atoms with van der Waals surface area (Å²) in [4.78, 5) is 21.9. The molecule has 0 aromatic rings. The van der Waals surface area contributed by atoms with Crippen molar-refractivity contribution >= 4 is 23.4 Å². The SMILES string of the molecule is COC(=O)CC(=O)CCCOCCOCCCl. The van der Waals surface area contributed by atoms with E-state index in [-0.39, 0.29) is 12.2 Å². The predicted octanol–water partition coefficient (Wildman–Crippen LogP) is 1.17. The van der Waals surface area contributed by atoms with Crippen LogP contribution in [0.1, 0.15) is 19.3 Å². The summed E-state index contributed by atoms with van der Waals surface area (Å²) in [5, 5.41) is 0. The lowest BCUT2D eigenvalue weighted by atomic mass is 10.2. The summed E-state index contributed by atoms with van der Waals surface area (Å²) in [5.74, 6) is -0.147.